The highest BCUT2D eigenvalue weighted by Gasteiger charge is 2.14. The van der Waals surface area contributed by atoms with E-state index in [4.69, 9.17) is 15.2 Å². The van der Waals surface area contributed by atoms with E-state index in [9.17, 15) is 0 Å². The molecule has 0 aromatic heterocycles. The summed E-state index contributed by atoms with van der Waals surface area (Å²) in [6, 6.07) is 5.83. The maximum Gasteiger partial charge on any atom is 0.123 e. The van der Waals surface area contributed by atoms with Crippen molar-refractivity contribution in [2.45, 2.75) is 26.8 Å². The third-order valence-corrected chi connectivity index (χ3v) is 3.33. The first-order valence-electron chi connectivity index (χ1n) is 6.64. The van der Waals surface area contributed by atoms with Crippen LogP contribution in [0.5, 0.6) is 11.5 Å². The Morgan fingerprint density at radius 1 is 1.21 bits per heavy atom. The van der Waals surface area contributed by atoms with Gasteiger partial charge in [0.05, 0.1) is 14.2 Å². The second-order valence-electron chi connectivity index (χ2n) is 5.47. The van der Waals surface area contributed by atoms with Crippen LogP contribution in [0.25, 0.3) is 0 Å². The van der Waals surface area contributed by atoms with Gasteiger partial charge in [-0.2, -0.15) is 0 Å². The summed E-state index contributed by atoms with van der Waals surface area (Å²) in [6.45, 7) is 6.77. The lowest BCUT2D eigenvalue weighted by Crippen LogP contribution is -2.28. The van der Waals surface area contributed by atoms with E-state index in [1.165, 1.54) is 0 Å². The minimum atomic E-state index is 0.186. The maximum absolute atomic E-state index is 5.72. The van der Waals surface area contributed by atoms with Crippen molar-refractivity contribution in [1.82, 2.24) is 5.32 Å². The van der Waals surface area contributed by atoms with Gasteiger partial charge in [0.1, 0.15) is 11.5 Å². The molecule has 0 aliphatic heterocycles. The van der Waals surface area contributed by atoms with Gasteiger partial charge in [-0.25, -0.2) is 0 Å². The molecule has 1 rings (SSSR count). The molecule has 0 radical (unpaired) electrons. The fraction of sp³-hybridized carbons (Fsp3) is 0.600. The zero-order valence-electron chi connectivity index (χ0n) is 12.5. The van der Waals surface area contributed by atoms with Crippen molar-refractivity contribution in [3.8, 4) is 11.5 Å². The molecule has 19 heavy (non-hydrogen) atoms. The zero-order valence-corrected chi connectivity index (χ0v) is 12.5. The van der Waals surface area contributed by atoms with E-state index < -0.39 is 0 Å². The average molecular weight is 266 g/mol. The molecule has 0 heterocycles. The average Bonchev–Trinajstić information content (AvgIpc) is 2.43. The Hall–Kier alpha value is -1.26. The number of rotatable bonds is 8. The van der Waals surface area contributed by atoms with E-state index in [0.29, 0.717) is 6.54 Å². The molecule has 0 atom stereocenters. The summed E-state index contributed by atoms with van der Waals surface area (Å²) in [4.78, 5) is 0. The van der Waals surface area contributed by atoms with Crippen LogP contribution in [0.4, 0.5) is 0 Å². The summed E-state index contributed by atoms with van der Waals surface area (Å²) in [6.07, 6.45) is 1.05. The number of methoxy groups -OCH3 is 2. The number of ether oxygens (including phenoxy) is 2. The lowest BCUT2D eigenvalue weighted by Gasteiger charge is -2.22. The van der Waals surface area contributed by atoms with E-state index in [1.54, 1.807) is 14.2 Å². The zero-order chi connectivity index (χ0) is 14.3. The van der Waals surface area contributed by atoms with Crippen LogP contribution in [0.2, 0.25) is 0 Å². The molecule has 0 saturated carbocycles. The van der Waals surface area contributed by atoms with Gasteiger partial charge in [-0.15, -0.1) is 0 Å². The number of nitrogens with one attached hydrogen (secondary N) is 1. The summed E-state index contributed by atoms with van der Waals surface area (Å²) in [7, 11) is 3.35. The Morgan fingerprint density at radius 3 is 2.53 bits per heavy atom. The summed E-state index contributed by atoms with van der Waals surface area (Å²) in [5.74, 6) is 1.73. The van der Waals surface area contributed by atoms with Crippen LogP contribution in [0.15, 0.2) is 18.2 Å². The Kier molecular flexibility index (Phi) is 6.12. The van der Waals surface area contributed by atoms with Crippen molar-refractivity contribution >= 4 is 0 Å². The maximum atomic E-state index is 5.72. The molecule has 0 spiro atoms. The molecule has 0 fully saturated rings. The summed E-state index contributed by atoms with van der Waals surface area (Å²) >= 11 is 0. The highest BCUT2D eigenvalue weighted by molar-refractivity contribution is 5.40. The number of hydrogen-bond acceptors (Lipinski definition) is 4. The van der Waals surface area contributed by atoms with E-state index in [2.05, 4.69) is 19.2 Å². The molecule has 4 heteroatoms. The molecule has 0 bridgehead atoms. The molecular weight excluding hydrogens is 240 g/mol. The van der Waals surface area contributed by atoms with Crippen LogP contribution in [-0.4, -0.2) is 27.3 Å². The fourth-order valence-corrected chi connectivity index (χ4v) is 1.77. The first-order chi connectivity index (χ1) is 9.02. The molecule has 4 nitrogen and oxygen atoms in total. The second kappa shape index (κ2) is 7.36. The van der Waals surface area contributed by atoms with Crippen molar-refractivity contribution in [3.63, 3.8) is 0 Å². The van der Waals surface area contributed by atoms with E-state index in [-0.39, 0.29) is 5.41 Å². The highest BCUT2D eigenvalue weighted by atomic mass is 16.5. The predicted octanol–water partition coefficient (Wildman–Crippen LogP) is 2.17. The van der Waals surface area contributed by atoms with Gasteiger partial charge >= 0.3 is 0 Å². The Bertz CT molecular complexity index is 392. The van der Waals surface area contributed by atoms with Crippen molar-refractivity contribution in [2.24, 2.45) is 11.1 Å². The van der Waals surface area contributed by atoms with Gasteiger partial charge in [-0.05, 0) is 43.1 Å². The van der Waals surface area contributed by atoms with Crippen LogP contribution in [0.3, 0.4) is 0 Å². The minimum Gasteiger partial charge on any atom is -0.497 e. The second-order valence-corrected chi connectivity index (χ2v) is 5.47. The molecule has 0 unspecified atom stereocenters. The van der Waals surface area contributed by atoms with Gasteiger partial charge in [-0.3, -0.25) is 0 Å². The monoisotopic (exact) mass is 266 g/mol. The number of hydrogen-bond donors (Lipinski definition) is 2. The summed E-state index contributed by atoms with van der Waals surface area (Å²) in [5.41, 5.74) is 7.01. The normalized spacial score (nSPS) is 11.4. The van der Waals surface area contributed by atoms with Gasteiger partial charge in [0.2, 0.25) is 0 Å². The lowest BCUT2D eigenvalue weighted by atomic mass is 9.90. The summed E-state index contributed by atoms with van der Waals surface area (Å²) in [5, 5.41) is 3.43. The van der Waals surface area contributed by atoms with Gasteiger partial charge < -0.3 is 20.5 Å². The first-order valence-corrected chi connectivity index (χ1v) is 6.64. The van der Waals surface area contributed by atoms with Gasteiger partial charge in [-0.1, -0.05) is 13.8 Å². The van der Waals surface area contributed by atoms with E-state index in [1.807, 2.05) is 18.2 Å². The molecule has 0 amide bonds. The molecule has 0 aliphatic carbocycles. The van der Waals surface area contributed by atoms with Crippen molar-refractivity contribution < 1.29 is 9.47 Å². The first kappa shape index (κ1) is 15.8. The summed E-state index contributed by atoms with van der Waals surface area (Å²) < 4.78 is 10.6. The largest absolute Gasteiger partial charge is 0.497 e. The lowest BCUT2D eigenvalue weighted by molar-refractivity contribution is 0.338. The fourth-order valence-electron chi connectivity index (χ4n) is 1.77. The Balaban J connectivity index is 2.52. The molecule has 0 saturated heterocycles. The van der Waals surface area contributed by atoms with Crippen LogP contribution >= 0.6 is 0 Å². The molecular formula is C15H26N2O2. The van der Waals surface area contributed by atoms with E-state index >= 15 is 0 Å². The molecule has 3 N–H and O–H groups in total. The van der Waals surface area contributed by atoms with Crippen molar-refractivity contribution in [3.05, 3.63) is 23.8 Å². The third-order valence-electron chi connectivity index (χ3n) is 3.33. The third kappa shape index (κ3) is 5.09. The van der Waals surface area contributed by atoms with Crippen molar-refractivity contribution in [2.75, 3.05) is 27.3 Å². The van der Waals surface area contributed by atoms with Gasteiger partial charge in [0.25, 0.3) is 0 Å². The van der Waals surface area contributed by atoms with Gasteiger partial charge in [0.15, 0.2) is 0 Å². The Labute approximate surface area is 116 Å². The van der Waals surface area contributed by atoms with Crippen LogP contribution in [0, 0.1) is 5.41 Å². The molecule has 1 aromatic carbocycles. The highest BCUT2D eigenvalue weighted by Crippen LogP contribution is 2.24. The number of benzene rings is 1. The van der Waals surface area contributed by atoms with E-state index in [0.717, 1.165) is 36.6 Å². The molecule has 1 aromatic rings. The van der Waals surface area contributed by atoms with Gasteiger partial charge in [0, 0.05) is 12.1 Å². The van der Waals surface area contributed by atoms with Crippen LogP contribution in [0.1, 0.15) is 25.8 Å². The number of nitrogens with two attached hydrogens (primary N) is 1. The van der Waals surface area contributed by atoms with Crippen molar-refractivity contribution in [1.29, 1.82) is 0 Å². The smallest absolute Gasteiger partial charge is 0.123 e. The quantitative estimate of drug-likeness (QED) is 0.708. The standard InChI is InChI=1S/C15H26N2O2/c1-15(2,11-16)7-8-17-10-12-9-13(18-3)5-6-14(12)19-4/h5-6,9,17H,7-8,10-11,16H2,1-4H3. The Morgan fingerprint density at radius 2 is 1.95 bits per heavy atom. The topological polar surface area (TPSA) is 56.5 Å². The predicted molar refractivity (Wildman–Crippen MR) is 78.7 cm³/mol. The van der Waals surface area contributed by atoms with Crippen LogP contribution < -0.4 is 20.5 Å². The van der Waals surface area contributed by atoms with Crippen LogP contribution in [-0.2, 0) is 6.54 Å². The molecule has 0 aliphatic rings. The SMILES string of the molecule is COc1ccc(OC)c(CNCCC(C)(C)CN)c1. The minimum absolute atomic E-state index is 0.186. The molecule has 108 valence electrons.